The molecular weight excluding hydrogens is 475 g/mol. The zero-order valence-corrected chi connectivity index (χ0v) is 19.2. The van der Waals surface area contributed by atoms with Crippen LogP contribution in [0.5, 0.6) is 0 Å². The van der Waals surface area contributed by atoms with E-state index in [0.29, 0.717) is 0 Å². The fraction of sp³-hybridized carbons (Fsp3) is 0.360. The van der Waals surface area contributed by atoms with Gasteiger partial charge in [0.25, 0.3) is 0 Å². The second kappa shape index (κ2) is 9.29. The van der Waals surface area contributed by atoms with Crippen molar-refractivity contribution in [2.75, 3.05) is 18.0 Å². The Morgan fingerprint density at radius 3 is 2.50 bits per heavy atom. The number of nitrogens with zero attached hydrogens (tertiary/aromatic N) is 4. The van der Waals surface area contributed by atoms with Crippen molar-refractivity contribution in [1.29, 1.82) is 0 Å². The third-order valence-corrected chi connectivity index (χ3v) is 6.42. The molecule has 0 spiro atoms. The van der Waals surface area contributed by atoms with E-state index in [1.807, 2.05) is 30.3 Å². The number of halogens is 3. The summed E-state index contributed by atoms with van der Waals surface area (Å²) in [6.45, 7) is 0.419. The first-order valence-electron chi connectivity index (χ1n) is 11.7. The molecule has 188 valence electrons. The molecule has 1 N–H and O–H groups in total. The van der Waals surface area contributed by atoms with Crippen molar-refractivity contribution in [2.45, 2.75) is 38.0 Å². The predicted octanol–water partition coefficient (Wildman–Crippen LogP) is 3.23. The van der Waals surface area contributed by atoms with Gasteiger partial charge in [-0.15, -0.1) is 5.10 Å². The first-order chi connectivity index (χ1) is 17.2. The average Bonchev–Trinajstić information content (AvgIpc) is 3.54. The van der Waals surface area contributed by atoms with E-state index in [2.05, 4.69) is 10.4 Å². The highest BCUT2D eigenvalue weighted by Gasteiger charge is 2.35. The molecule has 1 aliphatic heterocycles. The zero-order chi connectivity index (χ0) is 25.4. The molecule has 1 saturated heterocycles. The Kier molecular flexibility index (Phi) is 6.15. The number of nitrogens with one attached hydrogen (secondary N) is 1. The Morgan fingerprint density at radius 1 is 1.06 bits per heavy atom. The lowest BCUT2D eigenvalue weighted by molar-refractivity contribution is -0.137. The van der Waals surface area contributed by atoms with Gasteiger partial charge in [-0.3, -0.25) is 14.2 Å². The number of rotatable bonds is 7. The van der Waals surface area contributed by atoms with E-state index in [0.717, 1.165) is 30.7 Å². The van der Waals surface area contributed by atoms with E-state index in [1.54, 1.807) is 4.90 Å². The maximum absolute atomic E-state index is 13.2. The largest absolute Gasteiger partial charge is 0.416 e. The van der Waals surface area contributed by atoms with Crippen LogP contribution in [0.4, 0.5) is 18.9 Å². The van der Waals surface area contributed by atoms with Gasteiger partial charge in [-0.2, -0.15) is 13.2 Å². The van der Waals surface area contributed by atoms with Gasteiger partial charge in [0.2, 0.25) is 11.8 Å². The Morgan fingerprint density at radius 2 is 1.81 bits per heavy atom. The maximum atomic E-state index is 13.2. The normalized spacial score (nSPS) is 18.0. The highest BCUT2D eigenvalue weighted by atomic mass is 19.4. The second-order valence-electron chi connectivity index (χ2n) is 9.04. The topological polar surface area (TPSA) is 89.2 Å². The summed E-state index contributed by atoms with van der Waals surface area (Å²) in [5.74, 6) is -0.764. The molecule has 1 unspecified atom stereocenters. The molecule has 11 heteroatoms. The van der Waals surface area contributed by atoms with E-state index in [1.165, 1.54) is 21.4 Å². The Bertz CT molecular complexity index is 1340. The number of anilines is 1. The fourth-order valence-electron chi connectivity index (χ4n) is 4.43. The predicted molar refractivity (Wildman–Crippen MR) is 125 cm³/mol. The molecular formula is C25H24F3N5O3. The first kappa shape index (κ1) is 23.8. The number of hydrogen-bond acceptors (Lipinski definition) is 4. The molecule has 2 aliphatic rings. The van der Waals surface area contributed by atoms with E-state index in [9.17, 15) is 27.6 Å². The molecule has 8 nitrogen and oxygen atoms in total. The number of alkyl halides is 3. The smallest absolute Gasteiger partial charge is 0.354 e. The number of amides is 2. The van der Waals surface area contributed by atoms with Crippen molar-refractivity contribution in [2.24, 2.45) is 5.92 Å². The Hall–Kier alpha value is -3.89. The van der Waals surface area contributed by atoms with Gasteiger partial charge < -0.3 is 10.2 Å². The van der Waals surface area contributed by atoms with Crippen molar-refractivity contribution in [3.8, 4) is 11.4 Å². The lowest BCUT2D eigenvalue weighted by Gasteiger charge is -2.16. The minimum absolute atomic E-state index is 0.0549. The van der Waals surface area contributed by atoms with Gasteiger partial charge >= 0.3 is 11.9 Å². The second-order valence-corrected chi connectivity index (χ2v) is 9.04. The van der Waals surface area contributed by atoms with Gasteiger partial charge in [0.1, 0.15) is 0 Å². The van der Waals surface area contributed by atoms with Gasteiger partial charge in [0.05, 0.1) is 18.0 Å². The minimum atomic E-state index is -4.51. The molecule has 36 heavy (non-hydrogen) atoms. The summed E-state index contributed by atoms with van der Waals surface area (Å²) in [4.78, 5) is 39.6. The van der Waals surface area contributed by atoms with Crippen LogP contribution in [0.2, 0.25) is 0 Å². The standard InChI is InChI=1S/C25H24F3N5O3/c26-25(27,28)18-6-4-5-16(13-18)22-30-32(24(36)33(22)20-9-10-20)12-11-29-23(35)17-14-21(34)31(15-17)19-7-2-1-3-8-19/h1-8,13,17,20H,9-12,14-15H2,(H,29,35). The third kappa shape index (κ3) is 4.77. The highest BCUT2D eigenvalue weighted by Crippen LogP contribution is 2.37. The summed E-state index contributed by atoms with van der Waals surface area (Å²) in [6.07, 6.45) is -2.91. The number of carbonyl (C=O) groups is 2. The van der Waals surface area contributed by atoms with Gasteiger partial charge in [0.15, 0.2) is 5.82 Å². The number of para-hydroxylation sites is 1. The van der Waals surface area contributed by atoms with E-state index in [-0.39, 0.29) is 55.3 Å². The van der Waals surface area contributed by atoms with E-state index < -0.39 is 23.3 Å². The van der Waals surface area contributed by atoms with Gasteiger partial charge in [-0.1, -0.05) is 30.3 Å². The summed E-state index contributed by atoms with van der Waals surface area (Å²) in [5.41, 5.74) is -0.295. The van der Waals surface area contributed by atoms with Crippen molar-refractivity contribution in [3.63, 3.8) is 0 Å². The molecule has 1 aromatic heterocycles. The molecule has 2 heterocycles. The molecule has 1 atom stereocenters. The summed E-state index contributed by atoms with van der Waals surface area (Å²) >= 11 is 0. The number of aromatic nitrogens is 3. The SMILES string of the molecule is O=C(NCCn1nc(-c2cccc(C(F)(F)F)c2)n(C2CC2)c1=O)C1CC(=O)N(c2ccccc2)C1. The molecule has 0 radical (unpaired) electrons. The monoisotopic (exact) mass is 499 g/mol. The van der Waals surface area contributed by atoms with Crippen LogP contribution < -0.4 is 15.9 Å². The third-order valence-electron chi connectivity index (χ3n) is 6.42. The van der Waals surface area contributed by atoms with Crippen molar-refractivity contribution < 1.29 is 22.8 Å². The van der Waals surface area contributed by atoms with Crippen LogP contribution in [0.25, 0.3) is 11.4 Å². The van der Waals surface area contributed by atoms with Crippen molar-refractivity contribution in [3.05, 3.63) is 70.6 Å². The molecule has 1 aliphatic carbocycles. The van der Waals surface area contributed by atoms with Crippen LogP contribution in [0.1, 0.15) is 30.9 Å². The molecule has 5 rings (SSSR count). The van der Waals surface area contributed by atoms with Crippen molar-refractivity contribution in [1.82, 2.24) is 19.7 Å². The summed E-state index contributed by atoms with van der Waals surface area (Å²) < 4.78 is 42.2. The molecule has 2 fully saturated rings. The average molecular weight is 499 g/mol. The maximum Gasteiger partial charge on any atom is 0.416 e. The molecule has 1 saturated carbocycles. The summed E-state index contributed by atoms with van der Waals surface area (Å²) in [6, 6.07) is 13.8. The number of hydrogen-bond donors (Lipinski definition) is 1. The minimum Gasteiger partial charge on any atom is -0.354 e. The van der Waals surface area contributed by atoms with Crippen LogP contribution in [0.15, 0.2) is 59.4 Å². The van der Waals surface area contributed by atoms with Gasteiger partial charge in [-0.05, 0) is 37.1 Å². The van der Waals surface area contributed by atoms with Crippen LogP contribution in [0, 0.1) is 5.92 Å². The molecule has 0 bridgehead atoms. The number of benzene rings is 2. The van der Waals surface area contributed by atoms with E-state index >= 15 is 0 Å². The van der Waals surface area contributed by atoms with Crippen LogP contribution >= 0.6 is 0 Å². The van der Waals surface area contributed by atoms with Crippen molar-refractivity contribution >= 4 is 17.5 Å². The lowest BCUT2D eigenvalue weighted by atomic mass is 10.1. The zero-order valence-electron chi connectivity index (χ0n) is 19.2. The van der Waals surface area contributed by atoms with Crippen LogP contribution in [-0.4, -0.2) is 39.3 Å². The fourth-order valence-corrected chi connectivity index (χ4v) is 4.43. The van der Waals surface area contributed by atoms with Gasteiger partial charge in [-0.25, -0.2) is 9.48 Å². The van der Waals surface area contributed by atoms with E-state index in [4.69, 9.17) is 0 Å². The molecule has 2 aromatic carbocycles. The lowest BCUT2D eigenvalue weighted by Crippen LogP contribution is -2.36. The summed E-state index contributed by atoms with van der Waals surface area (Å²) in [7, 11) is 0. The molecule has 2 amide bonds. The summed E-state index contributed by atoms with van der Waals surface area (Å²) in [5, 5.41) is 7.07. The molecule has 3 aromatic rings. The Balaban J connectivity index is 1.27. The highest BCUT2D eigenvalue weighted by molar-refractivity contribution is 6.00. The quantitative estimate of drug-likeness (QED) is 0.541. The first-order valence-corrected chi connectivity index (χ1v) is 11.7. The van der Waals surface area contributed by atoms with Crippen LogP contribution in [0.3, 0.4) is 0 Å². The van der Waals surface area contributed by atoms with Gasteiger partial charge in [0, 0.05) is 36.8 Å². The van der Waals surface area contributed by atoms with Crippen LogP contribution in [-0.2, 0) is 22.3 Å². The number of carbonyl (C=O) groups excluding carboxylic acids is 2. The Labute approximate surface area is 204 Å².